The quantitative estimate of drug-likeness (QED) is 0.860. The van der Waals surface area contributed by atoms with Crippen molar-refractivity contribution in [1.29, 1.82) is 0 Å². The zero-order valence-electron chi connectivity index (χ0n) is 11.1. The molecule has 1 aliphatic rings. The third kappa shape index (κ3) is 2.81. The molecule has 0 radical (unpaired) electrons. The molecule has 0 aliphatic carbocycles. The average Bonchev–Trinajstić information content (AvgIpc) is 2.73. The van der Waals surface area contributed by atoms with E-state index in [0.29, 0.717) is 12.6 Å². The van der Waals surface area contributed by atoms with E-state index in [4.69, 9.17) is 0 Å². The van der Waals surface area contributed by atoms with Crippen LogP contribution in [0.3, 0.4) is 0 Å². The van der Waals surface area contributed by atoms with Crippen LogP contribution in [0.4, 0.5) is 4.39 Å². The summed E-state index contributed by atoms with van der Waals surface area (Å²) in [6.45, 7) is 7.57. The fraction of sp³-hybridized carbons (Fsp3) is 0.500. The standard InChI is InChI=1S/C14H20FN3/c1-10-8-16-13(18-10)17-9-14(2,3)11-6-4-5-7-12(11)15/h4-7,10H,8-9H2,1-3H3,(H2,16,17,18). The topological polar surface area (TPSA) is 36.4 Å². The van der Waals surface area contributed by atoms with Crippen LogP contribution < -0.4 is 10.6 Å². The van der Waals surface area contributed by atoms with Crippen molar-refractivity contribution in [2.45, 2.75) is 32.2 Å². The van der Waals surface area contributed by atoms with Gasteiger partial charge in [0.2, 0.25) is 0 Å². The van der Waals surface area contributed by atoms with Crippen molar-refractivity contribution in [2.75, 3.05) is 13.1 Å². The lowest BCUT2D eigenvalue weighted by atomic mass is 9.84. The molecule has 3 nitrogen and oxygen atoms in total. The number of nitrogens with zero attached hydrogens (tertiary/aromatic N) is 1. The molecule has 0 amide bonds. The minimum atomic E-state index is -0.276. The van der Waals surface area contributed by atoms with Gasteiger partial charge >= 0.3 is 0 Å². The smallest absolute Gasteiger partial charge is 0.191 e. The van der Waals surface area contributed by atoms with Gasteiger partial charge in [0.15, 0.2) is 5.96 Å². The van der Waals surface area contributed by atoms with Gasteiger partial charge in [-0.2, -0.15) is 0 Å². The third-order valence-electron chi connectivity index (χ3n) is 3.21. The number of halogens is 1. The van der Waals surface area contributed by atoms with Crippen LogP contribution in [-0.2, 0) is 5.41 Å². The highest BCUT2D eigenvalue weighted by atomic mass is 19.1. The Balaban J connectivity index is 2.02. The zero-order chi connectivity index (χ0) is 13.2. The second-order valence-electron chi connectivity index (χ2n) is 5.45. The Hall–Kier alpha value is -1.58. The average molecular weight is 249 g/mol. The highest BCUT2D eigenvalue weighted by Crippen LogP contribution is 2.24. The van der Waals surface area contributed by atoms with Crippen molar-refractivity contribution >= 4 is 5.96 Å². The molecular formula is C14H20FN3. The van der Waals surface area contributed by atoms with Gasteiger partial charge in [-0.05, 0) is 18.6 Å². The predicted molar refractivity (Wildman–Crippen MR) is 72.3 cm³/mol. The van der Waals surface area contributed by atoms with Gasteiger partial charge in [0.05, 0.1) is 6.54 Å². The first-order valence-electron chi connectivity index (χ1n) is 6.29. The zero-order valence-corrected chi connectivity index (χ0v) is 11.1. The van der Waals surface area contributed by atoms with Gasteiger partial charge in [-0.15, -0.1) is 0 Å². The van der Waals surface area contributed by atoms with Crippen LogP contribution in [0, 0.1) is 5.82 Å². The molecule has 1 aromatic carbocycles. The van der Waals surface area contributed by atoms with Crippen molar-refractivity contribution < 1.29 is 4.39 Å². The Labute approximate surface area is 108 Å². The van der Waals surface area contributed by atoms with Gasteiger partial charge in [-0.3, -0.25) is 4.99 Å². The van der Waals surface area contributed by atoms with Crippen LogP contribution in [0.25, 0.3) is 0 Å². The van der Waals surface area contributed by atoms with Gasteiger partial charge in [0.1, 0.15) is 5.82 Å². The molecule has 98 valence electrons. The lowest BCUT2D eigenvalue weighted by molar-refractivity contribution is 0.473. The normalized spacial score (nSPS) is 19.3. The molecule has 0 fully saturated rings. The first-order valence-corrected chi connectivity index (χ1v) is 6.29. The maximum Gasteiger partial charge on any atom is 0.191 e. The highest BCUT2D eigenvalue weighted by Gasteiger charge is 2.25. The van der Waals surface area contributed by atoms with Crippen LogP contribution in [-0.4, -0.2) is 25.1 Å². The summed E-state index contributed by atoms with van der Waals surface area (Å²) in [5, 5.41) is 6.49. The predicted octanol–water partition coefficient (Wildman–Crippen LogP) is 2.04. The summed E-state index contributed by atoms with van der Waals surface area (Å²) in [6, 6.07) is 7.30. The molecule has 0 bridgehead atoms. The Morgan fingerprint density at radius 3 is 2.78 bits per heavy atom. The van der Waals surface area contributed by atoms with Crippen molar-refractivity contribution in [2.24, 2.45) is 4.99 Å². The highest BCUT2D eigenvalue weighted by molar-refractivity contribution is 5.81. The molecule has 0 spiro atoms. The van der Waals surface area contributed by atoms with Crippen LogP contribution >= 0.6 is 0 Å². The van der Waals surface area contributed by atoms with Crippen molar-refractivity contribution in [3.8, 4) is 0 Å². The number of hydrogen-bond donors (Lipinski definition) is 2. The minimum Gasteiger partial charge on any atom is -0.356 e. The van der Waals surface area contributed by atoms with Crippen LogP contribution in [0.15, 0.2) is 29.3 Å². The lowest BCUT2D eigenvalue weighted by Gasteiger charge is -2.26. The van der Waals surface area contributed by atoms with Gasteiger partial charge in [0.25, 0.3) is 0 Å². The van der Waals surface area contributed by atoms with Gasteiger partial charge in [-0.1, -0.05) is 32.0 Å². The Kier molecular flexibility index (Phi) is 3.55. The maximum atomic E-state index is 13.8. The van der Waals surface area contributed by atoms with E-state index in [1.807, 2.05) is 26.0 Å². The van der Waals surface area contributed by atoms with Crippen LogP contribution in [0.2, 0.25) is 0 Å². The first-order chi connectivity index (χ1) is 8.49. The summed E-state index contributed by atoms with van der Waals surface area (Å²) in [5.41, 5.74) is 0.450. The summed E-state index contributed by atoms with van der Waals surface area (Å²) in [6.07, 6.45) is 0. The number of benzene rings is 1. The Morgan fingerprint density at radius 2 is 2.17 bits per heavy atom. The molecule has 1 unspecified atom stereocenters. The number of nitrogens with one attached hydrogen (secondary N) is 2. The largest absolute Gasteiger partial charge is 0.356 e. The molecule has 4 heteroatoms. The molecule has 1 aliphatic heterocycles. The number of hydrogen-bond acceptors (Lipinski definition) is 3. The van der Waals surface area contributed by atoms with E-state index in [-0.39, 0.29) is 11.2 Å². The molecule has 1 aromatic rings. The van der Waals surface area contributed by atoms with Gasteiger partial charge in [0, 0.05) is 18.0 Å². The molecule has 0 saturated heterocycles. The molecular weight excluding hydrogens is 229 g/mol. The maximum absolute atomic E-state index is 13.8. The fourth-order valence-electron chi connectivity index (χ4n) is 2.07. The van der Waals surface area contributed by atoms with E-state index < -0.39 is 0 Å². The molecule has 2 N–H and O–H groups in total. The van der Waals surface area contributed by atoms with E-state index in [9.17, 15) is 4.39 Å². The SMILES string of the molecule is CC1CN=C(NCC(C)(C)c2ccccc2F)N1. The molecule has 0 aromatic heterocycles. The van der Waals surface area contributed by atoms with Crippen LogP contribution in [0.5, 0.6) is 0 Å². The molecule has 18 heavy (non-hydrogen) atoms. The second kappa shape index (κ2) is 4.96. The van der Waals surface area contributed by atoms with Gasteiger partial charge in [-0.25, -0.2) is 4.39 Å². The Morgan fingerprint density at radius 1 is 1.44 bits per heavy atom. The van der Waals surface area contributed by atoms with Crippen molar-refractivity contribution in [3.63, 3.8) is 0 Å². The monoisotopic (exact) mass is 249 g/mol. The Bertz CT molecular complexity index is 454. The van der Waals surface area contributed by atoms with E-state index in [0.717, 1.165) is 18.1 Å². The first kappa shape index (κ1) is 12.9. The third-order valence-corrected chi connectivity index (χ3v) is 3.21. The van der Waals surface area contributed by atoms with Crippen LogP contribution in [0.1, 0.15) is 26.3 Å². The molecule has 1 heterocycles. The molecule has 1 atom stereocenters. The molecule has 0 saturated carbocycles. The summed E-state index contributed by atoms with van der Waals surface area (Å²) >= 11 is 0. The number of rotatable bonds is 3. The lowest BCUT2D eigenvalue weighted by Crippen LogP contribution is -2.43. The number of aliphatic imine (C=N–C) groups is 1. The molecule has 2 rings (SSSR count). The fourth-order valence-corrected chi connectivity index (χ4v) is 2.07. The summed E-state index contributed by atoms with van der Waals surface area (Å²) < 4.78 is 13.8. The second-order valence-corrected chi connectivity index (χ2v) is 5.45. The van der Waals surface area contributed by atoms with Crippen molar-refractivity contribution in [1.82, 2.24) is 10.6 Å². The van der Waals surface area contributed by atoms with Gasteiger partial charge < -0.3 is 10.6 Å². The summed E-state index contributed by atoms with van der Waals surface area (Å²) in [5.74, 6) is 0.658. The van der Waals surface area contributed by atoms with E-state index >= 15 is 0 Å². The summed E-state index contributed by atoms with van der Waals surface area (Å²) in [4.78, 5) is 4.34. The van der Waals surface area contributed by atoms with Crippen molar-refractivity contribution in [3.05, 3.63) is 35.6 Å². The van der Waals surface area contributed by atoms with E-state index in [1.54, 1.807) is 6.07 Å². The summed E-state index contributed by atoms with van der Waals surface area (Å²) in [7, 11) is 0. The van der Waals surface area contributed by atoms with E-state index in [2.05, 4.69) is 22.5 Å². The number of guanidine groups is 1. The van der Waals surface area contributed by atoms with E-state index in [1.165, 1.54) is 6.07 Å². The minimum absolute atomic E-state index is 0.154.